The summed E-state index contributed by atoms with van der Waals surface area (Å²) in [4.78, 5) is 17.7. The molecule has 0 aromatic carbocycles. The highest BCUT2D eigenvalue weighted by Crippen LogP contribution is 2.16. The zero-order chi connectivity index (χ0) is 12.8. The fourth-order valence-electron chi connectivity index (χ4n) is 1.13. The summed E-state index contributed by atoms with van der Waals surface area (Å²) in [5.74, 6) is 0.335. The molecule has 0 spiro atoms. The van der Waals surface area contributed by atoms with Crippen molar-refractivity contribution in [3.63, 3.8) is 0 Å². The van der Waals surface area contributed by atoms with Crippen LogP contribution in [0.1, 0.15) is 19.5 Å². The second-order valence-electron chi connectivity index (χ2n) is 4.50. The van der Waals surface area contributed by atoms with Crippen LogP contribution in [0.25, 0.3) is 0 Å². The largest absolute Gasteiger partial charge is 0.449 e. The van der Waals surface area contributed by atoms with Gasteiger partial charge < -0.3 is 9.64 Å². The van der Waals surface area contributed by atoms with Gasteiger partial charge >= 0.3 is 6.09 Å². The average molecular weight is 257 g/mol. The van der Waals surface area contributed by atoms with Crippen molar-refractivity contribution in [3.05, 3.63) is 11.1 Å². The first-order chi connectivity index (χ1) is 7.97. The molecule has 5 nitrogen and oxygen atoms in total. The fraction of sp³-hybridized carbons (Fsp3) is 0.636. The highest BCUT2D eigenvalue weighted by molar-refractivity contribution is 7.13. The quantitative estimate of drug-likeness (QED) is 0.880. The van der Waals surface area contributed by atoms with Crippen molar-refractivity contribution in [1.29, 1.82) is 0 Å². The minimum Gasteiger partial charge on any atom is -0.449 e. The van der Waals surface area contributed by atoms with Gasteiger partial charge in [0.15, 0.2) is 5.13 Å². The number of amides is 1. The summed E-state index contributed by atoms with van der Waals surface area (Å²) in [6.45, 7) is 5.17. The van der Waals surface area contributed by atoms with Crippen LogP contribution in [-0.2, 0) is 11.3 Å². The third-order valence-corrected chi connectivity index (χ3v) is 2.59. The molecule has 0 saturated heterocycles. The molecule has 1 aromatic heterocycles. The van der Waals surface area contributed by atoms with Crippen LogP contribution in [0.2, 0.25) is 0 Å². The van der Waals surface area contributed by atoms with E-state index in [1.807, 2.05) is 38.2 Å². The number of hydrogen-bond acceptors (Lipinski definition) is 5. The third kappa shape index (κ3) is 5.65. The second-order valence-corrected chi connectivity index (χ2v) is 5.36. The number of aromatic nitrogens is 1. The number of nitrogens with zero attached hydrogens (tertiary/aromatic N) is 2. The van der Waals surface area contributed by atoms with Gasteiger partial charge in [-0.1, -0.05) is 13.8 Å². The fourth-order valence-corrected chi connectivity index (χ4v) is 1.81. The molecule has 1 heterocycles. The van der Waals surface area contributed by atoms with Gasteiger partial charge in [-0.25, -0.2) is 9.78 Å². The summed E-state index contributed by atoms with van der Waals surface area (Å²) in [6.07, 6.45) is -0.440. The maximum Gasteiger partial charge on any atom is 0.413 e. The van der Waals surface area contributed by atoms with Gasteiger partial charge in [-0.2, -0.15) is 0 Å². The Morgan fingerprint density at radius 1 is 1.59 bits per heavy atom. The van der Waals surface area contributed by atoms with Crippen molar-refractivity contribution >= 4 is 22.6 Å². The number of hydrogen-bond donors (Lipinski definition) is 1. The van der Waals surface area contributed by atoms with Crippen molar-refractivity contribution in [2.24, 2.45) is 5.92 Å². The first-order valence-corrected chi connectivity index (χ1v) is 6.38. The molecule has 0 bridgehead atoms. The molecule has 6 heteroatoms. The predicted molar refractivity (Wildman–Crippen MR) is 69.3 cm³/mol. The molecule has 1 rings (SSSR count). The van der Waals surface area contributed by atoms with Crippen molar-refractivity contribution in [2.75, 3.05) is 26.0 Å². The van der Waals surface area contributed by atoms with Crippen LogP contribution in [0.3, 0.4) is 0 Å². The minimum atomic E-state index is -0.440. The smallest absolute Gasteiger partial charge is 0.413 e. The molecule has 17 heavy (non-hydrogen) atoms. The van der Waals surface area contributed by atoms with E-state index in [-0.39, 0.29) is 0 Å². The molecule has 0 atom stereocenters. The number of nitrogens with one attached hydrogen (secondary N) is 1. The molecule has 1 N–H and O–H groups in total. The highest BCUT2D eigenvalue weighted by Gasteiger charge is 2.08. The molecular weight excluding hydrogens is 238 g/mol. The average Bonchev–Trinajstić information content (AvgIpc) is 2.61. The number of thiazole rings is 1. The highest BCUT2D eigenvalue weighted by atomic mass is 32.1. The Morgan fingerprint density at radius 3 is 2.88 bits per heavy atom. The number of carbonyl (C=O) groups excluding carboxylic acids is 1. The Kier molecular flexibility index (Phi) is 5.37. The van der Waals surface area contributed by atoms with E-state index in [9.17, 15) is 4.79 Å². The topological polar surface area (TPSA) is 54.5 Å². The lowest BCUT2D eigenvalue weighted by atomic mass is 10.2. The molecule has 0 fully saturated rings. The SMILES string of the molecule is CC(C)COC(=O)Nc1nc(CN(C)C)cs1. The van der Waals surface area contributed by atoms with Crippen molar-refractivity contribution in [2.45, 2.75) is 20.4 Å². The number of carbonyl (C=O) groups is 1. The lowest BCUT2D eigenvalue weighted by molar-refractivity contribution is 0.147. The predicted octanol–water partition coefficient (Wildman–Crippen LogP) is 2.41. The molecular formula is C11H19N3O2S. The Balaban J connectivity index is 2.40. The number of rotatable bonds is 5. The summed E-state index contributed by atoms with van der Waals surface area (Å²) >= 11 is 1.40. The third-order valence-electron chi connectivity index (χ3n) is 1.79. The van der Waals surface area contributed by atoms with E-state index in [0.717, 1.165) is 12.2 Å². The molecule has 0 radical (unpaired) electrons. The zero-order valence-corrected chi connectivity index (χ0v) is 11.5. The van der Waals surface area contributed by atoms with Crippen LogP contribution in [0.15, 0.2) is 5.38 Å². The first kappa shape index (κ1) is 13.9. The van der Waals surface area contributed by atoms with Gasteiger partial charge in [0.2, 0.25) is 0 Å². The Morgan fingerprint density at radius 2 is 2.29 bits per heavy atom. The Bertz CT molecular complexity index is 363. The summed E-state index contributed by atoms with van der Waals surface area (Å²) in [5, 5.41) is 5.13. The van der Waals surface area contributed by atoms with E-state index < -0.39 is 6.09 Å². The molecule has 0 saturated carbocycles. The van der Waals surface area contributed by atoms with Gasteiger partial charge in [-0.15, -0.1) is 11.3 Å². The molecule has 1 amide bonds. The second kappa shape index (κ2) is 6.56. The van der Waals surface area contributed by atoms with Gasteiger partial charge in [0, 0.05) is 11.9 Å². The minimum absolute atomic E-state index is 0.335. The van der Waals surface area contributed by atoms with Crippen LogP contribution < -0.4 is 5.32 Å². The van der Waals surface area contributed by atoms with Crippen LogP contribution in [-0.4, -0.2) is 36.7 Å². The Labute approximate surface area is 106 Å². The molecule has 0 unspecified atom stereocenters. The van der Waals surface area contributed by atoms with Crippen molar-refractivity contribution in [3.8, 4) is 0 Å². The van der Waals surface area contributed by atoms with Gasteiger partial charge in [0.05, 0.1) is 12.3 Å². The van der Waals surface area contributed by atoms with Crippen LogP contribution in [0, 0.1) is 5.92 Å². The van der Waals surface area contributed by atoms with E-state index in [4.69, 9.17) is 4.74 Å². The van der Waals surface area contributed by atoms with Gasteiger partial charge in [0.25, 0.3) is 0 Å². The van der Waals surface area contributed by atoms with E-state index >= 15 is 0 Å². The van der Waals surface area contributed by atoms with E-state index in [2.05, 4.69) is 10.3 Å². The molecule has 1 aromatic rings. The molecule has 0 aliphatic heterocycles. The maximum atomic E-state index is 11.4. The maximum absolute atomic E-state index is 11.4. The van der Waals surface area contributed by atoms with Crippen LogP contribution in [0.4, 0.5) is 9.93 Å². The molecule has 0 aliphatic rings. The van der Waals surface area contributed by atoms with Gasteiger partial charge in [-0.05, 0) is 20.0 Å². The zero-order valence-electron chi connectivity index (χ0n) is 10.7. The molecule has 0 aliphatic carbocycles. The van der Waals surface area contributed by atoms with E-state index in [1.54, 1.807) is 0 Å². The van der Waals surface area contributed by atoms with E-state index in [0.29, 0.717) is 17.7 Å². The summed E-state index contributed by atoms with van der Waals surface area (Å²) in [5.41, 5.74) is 0.944. The van der Waals surface area contributed by atoms with Crippen LogP contribution in [0.5, 0.6) is 0 Å². The van der Waals surface area contributed by atoms with Gasteiger partial charge in [-0.3, -0.25) is 5.32 Å². The summed E-state index contributed by atoms with van der Waals surface area (Å²) in [6, 6.07) is 0. The number of ether oxygens (including phenoxy) is 1. The van der Waals surface area contributed by atoms with Crippen molar-refractivity contribution < 1.29 is 9.53 Å². The standard InChI is InChI=1S/C11H19N3O2S/c1-8(2)6-16-11(15)13-10-12-9(7-17-10)5-14(3)4/h7-8H,5-6H2,1-4H3,(H,12,13,15). The lowest BCUT2D eigenvalue weighted by Crippen LogP contribution is -2.16. The first-order valence-electron chi connectivity index (χ1n) is 5.50. The van der Waals surface area contributed by atoms with Gasteiger partial charge in [0.1, 0.15) is 0 Å². The molecule has 96 valence electrons. The Hall–Kier alpha value is -1.14. The normalized spacial score (nSPS) is 10.9. The number of anilines is 1. The summed E-state index contributed by atoms with van der Waals surface area (Å²) < 4.78 is 5.00. The van der Waals surface area contributed by atoms with Crippen molar-refractivity contribution in [1.82, 2.24) is 9.88 Å². The monoisotopic (exact) mass is 257 g/mol. The lowest BCUT2D eigenvalue weighted by Gasteiger charge is -2.07. The van der Waals surface area contributed by atoms with Crippen LogP contribution >= 0.6 is 11.3 Å². The summed E-state index contributed by atoms with van der Waals surface area (Å²) in [7, 11) is 3.95. The van der Waals surface area contributed by atoms with E-state index in [1.165, 1.54) is 11.3 Å².